The minimum Gasteiger partial charge on any atom is -0.381 e. The van der Waals surface area contributed by atoms with Gasteiger partial charge >= 0.3 is 0 Å². The summed E-state index contributed by atoms with van der Waals surface area (Å²) in [5, 5.41) is 11.3. The molecule has 0 saturated carbocycles. The Morgan fingerprint density at radius 2 is 2.14 bits per heavy atom. The van der Waals surface area contributed by atoms with Gasteiger partial charge in [0.2, 0.25) is 0 Å². The van der Waals surface area contributed by atoms with Crippen LogP contribution in [0.2, 0.25) is 0 Å². The lowest BCUT2D eigenvalue weighted by Gasteiger charge is -2.22. The molecule has 3 aromatic heterocycles. The SMILES string of the molecule is O=C(NC1CCOCC1)c1csc(-c2ccc3nn(-c4cccnc4)cc3c2)n1. The van der Waals surface area contributed by atoms with E-state index >= 15 is 0 Å². The maximum absolute atomic E-state index is 12.5. The maximum Gasteiger partial charge on any atom is 0.270 e. The van der Waals surface area contributed by atoms with Crippen LogP contribution in [0, 0.1) is 0 Å². The quantitative estimate of drug-likeness (QED) is 0.562. The molecule has 0 aliphatic carbocycles. The Balaban J connectivity index is 1.37. The van der Waals surface area contributed by atoms with E-state index in [2.05, 4.69) is 20.4 Å². The highest BCUT2D eigenvalue weighted by Crippen LogP contribution is 2.27. The van der Waals surface area contributed by atoms with Crippen molar-refractivity contribution in [3.05, 3.63) is 60.0 Å². The lowest BCUT2D eigenvalue weighted by molar-refractivity contribution is 0.0694. The van der Waals surface area contributed by atoms with Crippen molar-refractivity contribution in [2.75, 3.05) is 13.2 Å². The summed E-state index contributed by atoms with van der Waals surface area (Å²) in [7, 11) is 0. The molecule has 1 saturated heterocycles. The summed E-state index contributed by atoms with van der Waals surface area (Å²) in [6, 6.07) is 10.0. The van der Waals surface area contributed by atoms with Gasteiger partial charge in [-0.05, 0) is 43.2 Å². The van der Waals surface area contributed by atoms with Crippen LogP contribution in [0.15, 0.2) is 54.3 Å². The maximum atomic E-state index is 12.5. The molecule has 5 rings (SSSR count). The van der Waals surface area contributed by atoms with Crippen molar-refractivity contribution in [1.29, 1.82) is 0 Å². The number of hydrogen-bond donors (Lipinski definition) is 1. The van der Waals surface area contributed by atoms with Crippen molar-refractivity contribution < 1.29 is 9.53 Å². The van der Waals surface area contributed by atoms with E-state index in [1.165, 1.54) is 11.3 Å². The van der Waals surface area contributed by atoms with Gasteiger partial charge < -0.3 is 10.1 Å². The molecule has 1 aliphatic heterocycles. The second kappa shape index (κ2) is 7.73. The second-order valence-corrected chi connectivity index (χ2v) is 7.81. The third-order valence-electron chi connectivity index (χ3n) is 4.96. The molecule has 8 heteroatoms. The molecule has 1 fully saturated rings. The number of fused-ring (bicyclic) bond motifs is 1. The standard InChI is InChI=1S/C21H19N5O2S/c27-20(23-16-5-8-28-9-6-16)19-13-29-21(24-19)14-3-4-18-15(10-14)12-26(25-18)17-2-1-7-22-11-17/h1-4,7,10-13,16H,5-6,8-9H2,(H,23,27). The highest BCUT2D eigenvalue weighted by atomic mass is 32.1. The lowest BCUT2D eigenvalue weighted by atomic mass is 10.1. The Labute approximate surface area is 171 Å². The summed E-state index contributed by atoms with van der Waals surface area (Å²) in [5.74, 6) is -0.120. The summed E-state index contributed by atoms with van der Waals surface area (Å²) in [5.41, 5.74) is 3.24. The number of rotatable bonds is 4. The normalized spacial score (nSPS) is 14.9. The van der Waals surface area contributed by atoms with Crippen LogP contribution in [0.4, 0.5) is 0 Å². The zero-order valence-electron chi connectivity index (χ0n) is 15.6. The van der Waals surface area contributed by atoms with Gasteiger partial charge in [-0.1, -0.05) is 0 Å². The van der Waals surface area contributed by atoms with Crippen LogP contribution >= 0.6 is 11.3 Å². The Hall–Kier alpha value is -3.10. The Morgan fingerprint density at radius 1 is 1.24 bits per heavy atom. The predicted octanol–water partition coefficient (Wildman–Crippen LogP) is 3.45. The number of aromatic nitrogens is 4. The minimum absolute atomic E-state index is 0.120. The van der Waals surface area contributed by atoms with Crippen molar-refractivity contribution in [2.45, 2.75) is 18.9 Å². The van der Waals surface area contributed by atoms with E-state index in [0.717, 1.165) is 40.0 Å². The molecule has 1 N–H and O–H groups in total. The number of pyridine rings is 1. The van der Waals surface area contributed by atoms with Gasteiger partial charge in [-0.3, -0.25) is 9.78 Å². The molecule has 0 spiro atoms. The number of carbonyl (C=O) groups is 1. The first-order valence-electron chi connectivity index (χ1n) is 9.50. The van der Waals surface area contributed by atoms with E-state index < -0.39 is 0 Å². The highest BCUT2D eigenvalue weighted by Gasteiger charge is 2.19. The fraction of sp³-hybridized carbons (Fsp3) is 0.238. The van der Waals surface area contributed by atoms with Gasteiger partial charge in [0.25, 0.3) is 5.91 Å². The molecular formula is C21H19N5O2S. The van der Waals surface area contributed by atoms with Crippen molar-refractivity contribution in [2.24, 2.45) is 0 Å². The Morgan fingerprint density at radius 3 is 2.97 bits per heavy atom. The molecule has 29 heavy (non-hydrogen) atoms. The smallest absolute Gasteiger partial charge is 0.270 e. The largest absolute Gasteiger partial charge is 0.381 e. The molecule has 4 aromatic rings. The third kappa shape index (κ3) is 3.76. The molecule has 0 radical (unpaired) electrons. The fourth-order valence-electron chi connectivity index (χ4n) is 3.39. The van der Waals surface area contributed by atoms with E-state index in [1.54, 1.807) is 12.4 Å². The van der Waals surface area contributed by atoms with Crippen LogP contribution in [0.3, 0.4) is 0 Å². The third-order valence-corrected chi connectivity index (χ3v) is 5.85. The van der Waals surface area contributed by atoms with Gasteiger partial charge in [0, 0.05) is 48.0 Å². The highest BCUT2D eigenvalue weighted by molar-refractivity contribution is 7.13. The molecule has 0 bridgehead atoms. The molecule has 1 amide bonds. The van der Waals surface area contributed by atoms with E-state index in [1.807, 2.05) is 46.6 Å². The van der Waals surface area contributed by atoms with E-state index in [9.17, 15) is 4.79 Å². The van der Waals surface area contributed by atoms with Crippen molar-refractivity contribution >= 4 is 28.1 Å². The first kappa shape index (κ1) is 18.0. The summed E-state index contributed by atoms with van der Waals surface area (Å²) >= 11 is 1.47. The molecule has 7 nitrogen and oxygen atoms in total. The minimum atomic E-state index is -0.120. The predicted molar refractivity (Wildman–Crippen MR) is 111 cm³/mol. The number of carbonyl (C=O) groups excluding carboxylic acids is 1. The van der Waals surface area contributed by atoms with Crippen molar-refractivity contribution in [3.8, 4) is 16.3 Å². The van der Waals surface area contributed by atoms with E-state index in [-0.39, 0.29) is 11.9 Å². The zero-order chi connectivity index (χ0) is 19.6. The van der Waals surface area contributed by atoms with Crippen LogP contribution < -0.4 is 5.32 Å². The van der Waals surface area contributed by atoms with Crippen LogP contribution in [0.25, 0.3) is 27.2 Å². The molecule has 0 unspecified atom stereocenters. The van der Waals surface area contributed by atoms with Crippen LogP contribution in [0.5, 0.6) is 0 Å². The van der Waals surface area contributed by atoms with Gasteiger partial charge in [0.05, 0.1) is 17.4 Å². The first-order valence-corrected chi connectivity index (χ1v) is 10.4. The topological polar surface area (TPSA) is 81.9 Å². The Bertz CT molecular complexity index is 1150. The summed E-state index contributed by atoms with van der Waals surface area (Å²) in [6.45, 7) is 1.39. The molecule has 1 aromatic carbocycles. The number of ether oxygens (including phenoxy) is 1. The second-order valence-electron chi connectivity index (χ2n) is 6.96. The summed E-state index contributed by atoms with van der Waals surface area (Å²) in [6.07, 6.45) is 7.18. The van der Waals surface area contributed by atoms with Crippen LogP contribution in [-0.2, 0) is 4.74 Å². The van der Waals surface area contributed by atoms with Crippen LogP contribution in [-0.4, -0.2) is 44.9 Å². The number of nitrogens with one attached hydrogen (secondary N) is 1. The summed E-state index contributed by atoms with van der Waals surface area (Å²) < 4.78 is 7.15. The molecule has 0 atom stereocenters. The van der Waals surface area contributed by atoms with Gasteiger partial charge in [-0.15, -0.1) is 11.3 Å². The van der Waals surface area contributed by atoms with Gasteiger partial charge in [-0.2, -0.15) is 5.10 Å². The van der Waals surface area contributed by atoms with Gasteiger partial charge in [-0.25, -0.2) is 9.67 Å². The number of thiazole rings is 1. The molecule has 4 heterocycles. The van der Waals surface area contributed by atoms with Gasteiger partial charge in [0.15, 0.2) is 0 Å². The van der Waals surface area contributed by atoms with Crippen molar-refractivity contribution in [1.82, 2.24) is 25.1 Å². The lowest BCUT2D eigenvalue weighted by Crippen LogP contribution is -2.39. The van der Waals surface area contributed by atoms with Gasteiger partial charge in [0.1, 0.15) is 10.7 Å². The Kier molecular flexibility index (Phi) is 4.79. The summed E-state index contributed by atoms with van der Waals surface area (Å²) in [4.78, 5) is 21.2. The zero-order valence-corrected chi connectivity index (χ0v) is 16.4. The number of amides is 1. The number of benzene rings is 1. The van der Waals surface area contributed by atoms with E-state index in [4.69, 9.17) is 4.74 Å². The molecule has 1 aliphatic rings. The van der Waals surface area contributed by atoms with Crippen molar-refractivity contribution in [3.63, 3.8) is 0 Å². The van der Waals surface area contributed by atoms with E-state index in [0.29, 0.717) is 18.9 Å². The molecular weight excluding hydrogens is 386 g/mol. The molecule has 146 valence electrons. The average molecular weight is 405 g/mol. The number of hydrogen-bond acceptors (Lipinski definition) is 6. The average Bonchev–Trinajstić information content (AvgIpc) is 3.42. The van der Waals surface area contributed by atoms with Crippen LogP contribution in [0.1, 0.15) is 23.3 Å². The monoisotopic (exact) mass is 405 g/mol. The fourth-order valence-corrected chi connectivity index (χ4v) is 4.19. The number of nitrogens with zero attached hydrogens (tertiary/aromatic N) is 4. The first-order chi connectivity index (χ1) is 14.3.